The third-order valence-electron chi connectivity index (χ3n) is 5.10. The quantitative estimate of drug-likeness (QED) is 0.510. The van der Waals surface area contributed by atoms with Crippen LogP contribution in [-0.2, 0) is 6.42 Å². The SMILES string of the molecule is CC1COc2c(NCCCc3ccccn3)c(F)c(N)c3c(=O)c(C#N)cn1c23. The third-order valence-corrected chi connectivity index (χ3v) is 5.10. The first-order valence-corrected chi connectivity index (χ1v) is 9.39. The molecule has 3 N–H and O–H groups in total. The molecule has 4 rings (SSSR count). The summed E-state index contributed by atoms with van der Waals surface area (Å²) < 4.78 is 22.7. The number of hydrogen-bond acceptors (Lipinski definition) is 6. The van der Waals surface area contributed by atoms with Gasteiger partial charge in [0.25, 0.3) is 0 Å². The number of aryl methyl sites for hydroxylation is 1. The summed E-state index contributed by atoms with van der Waals surface area (Å²) in [6, 6.07) is 7.47. The minimum absolute atomic E-state index is 0.0119. The zero-order valence-electron chi connectivity index (χ0n) is 15.9. The van der Waals surface area contributed by atoms with Crippen LogP contribution in [0.1, 0.15) is 30.6 Å². The second-order valence-corrected chi connectivity index (χ2v) is 7.06. The normalized spacial score (nSPS) is 15.0. The van der Waals surface area contributed by atoms with E-state index in [1.54, 1.807) is 10.8 Å². The predicted octanol–water partition coefficient (Wildman–Crippen LogP) is 2.99. The molecule has 0 fully saturated rings. The summed E-state index contributed by atoms with van der Waals surface area (Å²) in [6.07, 6.45) is 4.69. The number of anilines is 2. The van der Waals surface area contributed by atoms with Crippen molar-refractivity contribution in [2.24, 2.45) is 0 Å². The summed E-state index contributed by atoms with van der Waals surface area (Å²) in [5.74, 6) is -0.483. The lowest BCUT2D eigenvalue weighted by Crippen LogP contribution is -2.26. The van der Waals surface area contributed by atoms with E-state index in [1.165, 1.54) is 6.20 Å². The number of hydrogen-bond donors (Lipinski definition) is 2. The van der Waals surface area contributed by atoms with E-state index in [-0.39, 0.29) is 34.1 Å². The van der Waals surface area contributed by atoms with Gasteiger partial charge < -0.3 is 20.4 Å². The summed E-state index contributed by atoms with van der Waals surface area (Å²) in [5.41, 5.74) is 6.58. The Morgan fingerprint density at radius 3 is 3.03 bits per heavy atom. The molecule has 3 heterocycles. The second kappa shape index (κ2) is 7.43. The third kappa shape index (κ3) is 3.14. The van der Waals surface area contributed by atoms with Crippen LogP contribution in [0, 0.1) is 17.1 Å². The van der Waals surface area contributed by atoms with Crippen LogP contribution >= 0.6 is 0 Å². The molecule has 29 heavy (non-hydrogen) atoms. The van der Waals surface area contributed by atoms with Crippen LogP contribution in [0.2, 0.25) is 0 Å². The van der Waals surface area contributed by atoms with Crippen molar-refractivity contribution in [3.05, 3.63) is 57.9 Å². The van der Waals surface area contributed by atoms with Crippen molar-refractivity contribution in [3.8, 4) is 11.8 Å². The van der Waals surface area contributed by atoms with Gasteiger partial charge in [0, 0.05) is 24.6 Å². The summed E-state index contributed by atoms with van der Waals surface area (Å²) in [6.45, 7) is 2.67. The number of nitrogens with zero attached hydrogens (tertiary/aromatic N) is 3. The lowest BCUT2D eigenvalue weighted by Gasteiger charge is -2.29. The average molecular weight is 393 g/mol. The lowest BCUT2D eigenvalue weighted by atomic mass is 10.0. The van der Waals surface area contributed by atoms with E-state index in [9.17, 15) is 10.1 Å². The smallest absolute Gasteiger partial charge is 0.209 e. The van der Waals surface area contributed by atoms with Gasteiger partial charge in [-0.1, -0.05) is 6.07 Å². The molecule has 0 amide bonds. The maximum Gasteiger partial charge on any atom is 0.209 e. The fraction of sp³-hybridized carbons (Fsp3) is 0.286. The Morgan fingerprint density at radius 1 is 1.48 bits per heavy atom. The number of nitrogens with one attached hydrogen (secondary N) is 1. The number of benzene rings is 1. The molecule has 1 aliphatic rings. The second-order valence-electron chi connectivity index (χ2n) is 7.06. The van der Waals surface area contributed by atoms with Crippen LogP contribution in [0.5, 0.6) is 5.75 Å². The number of aromatic nitrogens is 2. The Bertz CT molecular complexity index is 1180. The Balaban J connectivity index is 1.73. The molecule has 1 aromatic carbocycles. The highest BCUT2D eigenvalue weighted by atomic mass is 19.1. The van der Waals surface area contributed by atoms with Gasteiger partial charge in [-0.3, -0.25) is 9.78 Å². The minimum atomic E-state index is -0.737. The van der Waals surface area contributed by atoms with E-state index in [0.717, 1.165) is 18.5 Å². The topological polar surface area (TPSA) is 106 Å². The van der Waals surface area contributed by atoms with Gasteiger partial charge in [-0.2, -0.15) is 5.26 Å². The van der Waals surface area contributed by atoms with Crippen molar-refractivity contribution in [3.63, 3.8) is 0 Å². The lowest BCUT2D eigenvalue weighted by molar-refractivity contribution is 0.247. The summed E-state index contributed by atoms with van der Waals surface area (Å²) >= 11 is 0. The molecule has 2 aromatic heterocycles. The highest BCUT2D eigenvalue weighted by molar-refractivity contribution is 6.00. The van der Waals surface area contributed by atoms with Crippen LogP contribution in [0.15, 0.2) is 35.4 Å². The Kier molecular flexibility index (Phi) is 4.80. The molecule has 0 radical (unpaired) electrons. The summed E-state index contributed by atoms with van der Waals surface area (Å²) in [4.78, 5) is 16.9. The number of halogens is 1. The molecule has 0 saturated carbocycles. The first-order valence-electron chi connectivity index (χ1n) is 9.39. The average Bonchev–Trinajstić information content (AvgIpc) is 2.73. The van der Waals surface area contributed by atoms with Crippen LogP contribution in [-0.4, -0.2) is 22.7 Å². The standard InChI is InChI=1S/C21H20FN5O2/c1-12-11-29-21-18(26-8-4-6-14-5-2-3-7-25-14)16(22)17(24)15-19(21)27(12)10-13(9-23)20(15)28/h2-3,5,7,10,12,26H,4,6,8,11,24H2,1H3. The molecular formula is C21H20FN5O2. The molecular weight excluding hydrogens is 373 g/mol. The number of pyridine rings is 2. The van der Waals surface area contributed by atoms with Gasteiger partial charge in [0.05, 0.1) is 22.6 Å². The van der Waals surface area contributed by atoms with E-state index in [4.69, 9.17) is 10.5 Å². The van der Waals surface area contributed by atoms with Crippen molar-refractivity contribution in [1.29, 1.82) is 5.26 Å². The molecule has 0 saturated heterocycles. The first-order chi connectivity index (χ1) is 14.0. The Labute approximate surface area is 166 Å². The molecule has 148 valence electrons. The van der Waals surface area contributed by atoms with Gasteiger partial charge in [-0.05, 0) is 31.9 Å². The molecule has 3 aromatic rings. The van der Waals surface area contributed by atoms with E-state index < -0.39 is 11.2 Å². The van der Waals surface area contributed by atoms with Crippen LogP contribution < -0.4 is 21.2 Å². The van der Waals surface area contributed by atoms with E-state index in [1.807, 2.05) is 31.2 Å². The molecule has 7 nitrogen and oxygen atoms in total. The van der Waals surface area contributed by atoms with Crippen molar-refractivity contribution in [2.45, 2.75) is 25.8 Å². The van der Waals surface area contributed by atoms with Gasteiger partial charge in [0.2, 0.25) is 5.43 Å². The van der Waals surface area contributed by atoms with Crippen LogP contribution in [0.25, 0.3) is 10.9 Å². The number of nitriles is 1. The highest BCUT2D eigenvalue weighted by Gasteiger charge is 2.29. The molecule has 0 spiro atoms. The fourth-order valence-corrected chi connectivity index (χ4v) is 3.62. The highest BCUT2D eigenvalue weighted by Crippen LogP contribution is 2.43. The zero-order chi connectivity index (χ0) is 20.5. The minimum Gasteiger partial charge on any atom is -0.487 e. The fourth-order valence-electron chi connectivity index (χ4n) is 3.62. The number of ether oxygens (including phenoxy) is 1. The largest absolute Gasteiger partial charge is 0.487 e. The number of nitrogen functional groups attached to an aromatic ring is 1. The zero-order valence-corrected chi connectivity index (χ0v) is 15.9. The molecule has 1 unspecified atom stereocenters. The van der Waals surface area contributed by atoms with Crippen LogP contribution in [0.4, 0.5) is 15.8 Å². The summed E-state index contributed by atoms with van der Waals surface area (Å²) in [7, 11) is 0. The maximum atomic E-state index is 15.1. The number of nitrogens with two attached hydrogens (primary N) is 1. The predicted molar refractivity (Wildman–Crippen MR) is 109 cm³/mol. The molecule has 8 heteroatoms. The molecule has 0 bridgehead atoms. The van der Waals surface area contributed by atoms with Crippen LogP contribution in [0.3, 0.4) is 0 Å². The van der Waals surface area contributed by atoms with Crippen molar-refractivity contribution in [1.82, 2.24) is 9.55 Å². The maximum absolute atomic E-state index is 15.1. The first kappa shape index (κ1) is 18.7. The van der Waals surface area contributed by atoms with Gasteiger partial charge in [0.15, 0.2) is 11.6 Å². The van der Waals surface area contributed by atoms with Gasteiger partial charge in [0.1, 0.15) is 23.9 Å². The van der Waals surface area contributed by atoms with Gasteiger partial charge in [-0.15, -0.1) is 0 Å². The van der Waals surface area contributed by atoms with Crippen molar-refractivity contribution < 1.29 is 9.13 Å². The van der Waals surface area contributed by atoms with E-state index >= 15 is 4.39 Å². The van der Waals surface area contributed by atoms with Gasteiger partial charge >= 0.3 is 0 Å². The summed E-state index contributed by atoms with van der Waals surface area (Å²) in [5, 5.41) is 12.3. The number of rotatable bonds is 5. The van der Waals surface area contributed by atoms with E-state index in [0.29, 0.717) is 18.7 Å². The van der Waals surface area contributed by atoms with E-state index in [2.05, 4.69) is 10.3 Å². The molecule has 1 aliphatic heterocycles. The molecule has 0 aliphatic carbocycles. The Hall–Kier alpha value is -3.60. The van der Waals surface area contributed by atoms with Crippen molar-refractivity contribution >= 4 is 22.3 Å². The Morgan fingerprint density at radius 2 is 2.31 bits per heavy atom. The van der Waals surface area contributed by atoms with Crippen molar-refractivity contribution in [2.75, 3.05) is 24.2 Å². The monoisotopic (exact) mass is 393 g/mol. The molecule has 1 atom stereocenters. The van der Waals surface area contributed by atoms with Gasteiger partial charge in [-0.25, -0.2) is 4.39 Å².